The number of rotatable bonds is 4. The molecular weight excluding hydrogens is 388 g/mol. The summed E-state index contributed by atoms with van der Waals surface area (Å²) in [4.78, 5) is 24.0. The van der Waals surface area contributed by atoms with Gasteiger partial charge in [-0.15, -0.1) is 0 Å². The van der Waals surface area contributed by atoms with Gasteiger partial charge in [0.05, 0.1) is 0 Å². The predicted octanol–water partition coefficient (Wildman–Crippen LogP) is 1.68. The van der Waals surface area contributed by atoms with Crippen LogP contribution >= 0.6 is 12.2 Å². The van der Waals surface area contributed by atoms with Crippen LogP contribution in [0.1, 0.15) is 11.1 Å². The van der Waals surface area contributed by atoms with Gasteiger partial charge in [0.2, 0.25) is 0 Å². The molecule has 1 heterocycles. The van der Waals surface area contributed by atoms with Crippen LogP contribution in [0.2, 0.25) is 0 Å². The molecule has 2 aromatic carbocycles. The molecule has 3 rings (SSSR count). The summed E-state index contributed by atoms with van der Waals surface area (Å²) in [5.41, 5.74) is 0.944. The maximum absolute atomic E-state index is 12.5. The van der Waals surface area contributed by atoms with E-state index in [0.717, 1.165) is 5.56 Å². The molecule has 0 atom stereocenters. The van der Waals surface area contributed by atoms with Crippen molar-refractivity contribution in [2.75, 3.05) is 0 Å². The van der Waals surface area contributed by atoms with E-state index in [-0.39, 0.29) is 26.9 Å². The topological polar surface area (TPSA) is 102 Å². The highest BCUT2D eigenvalue weighted by molar-refractivity contribution is 7.87. The second-order valence-electron chi connectivity index (χ2n) is 5.68. The minimum Gasteiger partial charge on any atom is -0.378 e. The van der Waals surface area contributed by atoms with Crippen molar-refractivity contribution in [3.63, 3.8) is 0 Å². The van der Waals surface area contributed by atoms with Gasteiger partial charge in [-0.2, -0.15) is 8.42 Å². The van der Waals surface area contributed by atoms with Crippen molar-refractivity contribution in [2.45, 2.75) is 11.8 Å². The minimum absolute atomic E-state index is 0.00550. The molecule has 7 nitrogen and oxygen atoms in total. The molecule has 0 saturated carbocycles. The monoisotopic (exact) mass is 402 g/mol. The first-order chi connectivity index (χ1) is 12.8. The molecule has 0 radical (unpaired) electrons. The number of thiocarbonyl (C=S) groups is 1. The molecule has 0 unspecified atom stereocenters. The molecule has 0 aliphatic carbocycles. The molecule has 9 heteroatoms. The summed E-state index contributed by atoms with van der Waals surface area (Å²) in [7, 11) is -4.08. The number of carbonyl (C=O) groups excluding carboxylic acids is 2. The Bertz CT molecular complexity index is 1050. The molecule has 1 aliphatic rings. The number of para-hydroxylation sites is 1. The summed E-state index contributed by atoms with van der Waals surface area (Å²) >= 11 is 4.74. The van der Waals surface area contributed by atoms with Crippen LogP contribution in [0, 0.1) is 6.92 Å². The van der Waals surface area contributed by atoms with Crippen LogP contribution in [0.4, 0.5) is 0 Å². The maximum Gasteiger partial charge on any atom is 0.339 e. The summed E-state index contributed by atoms with van der Waals surface area (Å²) in [5.74, 6) is -1.38. The number of nitrogens with one attached hydrogen (secondary N) is 2. The van der Waals surface area contributed by atoms with Crippen molar-refractivity contribution in [1.29, 1.82) is 0 Å². The van der Waals surface area contributed by atoms with Crippen molar-refractivity contribution in [3.05, 3.63) is 65.2 Å². The van der Waals surface area contributed by atoms with Crippen molar-refractivity contribution in [2.24, 2.45) is 0 Å². The van der Waals surface area contributed by atoms with E-state index in [1.54, 1.807) is 24.3 Å². The van der Waals surface area contributed by atoms with Crippen molar-refractivity contribution in [3.8, 4) is 5.75 Å². The lowest BCUT2D eigenvalue weighted by atomic mass is 10.1. The number of hydrogen-bond acceptors (Lipinski definition) is 6. The Morgan fingerprint density at radius 2 is 1.56 bits per heavy atom. The Morgan fingerprint density at radius 1 is 0.963 bits per heavy atom. The SMILES string of the molecule is Cc1ccc(S(=O)(=O)Oc2ccccc2C=C2C(=O)NC(=S)NC2=O)cc1. The first kappa shape index (κ1) is 18.7. The lowest BCUT2D eigenvalue weighted by molar-refractivity contribution is -0.123. The van der Waals surface area contributed by atoms with Crippen LogP contribution in [-0.2, 0) is 19.7 Å². The molecule has 0 bridgehead atoms. The van der Waals surface area contributed by atoms with Gasteiger partial charge in [-0.05, 0) is 43.4 Å². The van der Waals surface area contributed by atoms with Gasteiger partial charge in [-0.25, -0.2) is 0 Å². The second kappa shape index (κ2) is 7.29. The van der Waals surface area contributed by atoms with E-state index in [1.807, 2.05) is 6.92 Å². The lowest BCUT2D eigenvalue weighted by Gasteiger charge is -2.17. The minimum atomic E-state index is -4.08. The number of aryl methyl sites for hydroxylation is 1. The summed E-state index contributed by atoms with van der Waals surface area (Å²) in [6, 6.07) is 12.4. The van der Waals surface area contributed by atoms with Gasteiger partial charge in [0.15, 0.2) is 5.11 Å². The number of benzene rings is 2. The first-order valence-electron chi connectivity index (χ1n) is 7.75. The Hall–Kier alpha value is -3.04. The number of hydrogen-bond donors (Lipinski definition) is 2. The molecule has 1 saturated heterocycles. The van der Waals surface area contributed by atoms with Crippen LogP contribution in [0.5, 0.6) is 5.75 Å². The van der Waals surface area contributed by atoms with Gasteiger partial charge >= 0.3 is 10.1 Å². The van der Waals surface area contributed by atoms with Crippen molar-refractivity contribution in [1.82, 2.24) is 10.6 Å². The molecule has 2 aromatic rings. The molecular formula is C18H14N2O5S2. The Kier molecular flexibility index (Phi) is 5.06. The lowest BCUT2D eigenvalue weighted by Crippen LogP contribution is -2.51. The number of amides is 2. The highest BCUT2D eigenvalue weighted by Crippen LogP contribution is 2.25. The average molecular weight is 402 g/mol. The predicted molar refractivity (Wildman–Crippen MR) is 102 cm³/mol. The summed E-state index contributed by atoms with van der Waals surface area (Å²) in [6.45, 7) is 1.84. The zero-order valence-electron chi connectivity index (χ0n) is 14.1. The molecule has 1 aliphatic heterocycles. The highest BCUT2D eigenvalue weighted by atomic mass is 32.2. The summed E-state index contributed by atoms with van der Waals surface area (Å²) in [5, 5.41) is 4.53. The average Bonchev–Trinajstić information content (AvgIpc) is 2.59. The molecule has 138 valence electrons. The molecule has 2 N–H and O–H groups in total. The van der Waals surface area contributed by atoms with E-state index >= 15 is 0 Å². The molecule has 27 heavy (non-hydrogen) atoms. The maximum atomic E-state index is 12.5. The van der Waals surface area contributed by atoms with Crippen LogP contribution in [0.15, 0.2) is 59.0 Å². The van der Waals surface area contributed by atoms with Gasteiger partial charge in [0.25, 0.3) is 11.8 Å². The van der Waals surface area contributed by atoms with Crippen LogP contribution in [0.3, 0.4) is 0 Å². The molecule has 1 fully saturated rings. The number of carbonyl (C=O) groups is 2. The summed E-state index contributed by atoms with van der Waals surface area (Å²) < 4.78 is 30.3. The third-order valence-electron chi connectivity index (χ3n) is 3.67. The van der Waals surface area contributed by atoms with Crippen molar-refractivity contribution < 1.29 is 22.2 Å². The standard InChI is InChI=1S/C18H14N2O5S2/c1-11-6-8-13(9-7-11)27(23,24)25-15-5-3-2-4-12(15)10-14-16(21)19-18(26)20-17(14)22/h2-10H,1H3,(H2,19,20,21,22,26). The zero-order valence-corrected chi connectivity index (χ0v) is 15.7. The first-order valence-corrected chi connectivity index (χ1v) is 9.56. The third-order valence-corrected chi connectivity index (χ3v) is 5.12. The fourth-order valence-corrected chi connectivity index (χ4v) is 3.45. The Morgan fingerprint density at radius 3 is 2.19 bits per heavy atom. The van der Waals surface area contributed by atoms with E-state index in [9.17, 15) is 18.0 Å². The van der Waals surface area contributed by atoms with Crippen LogP contribution in [0.25, 0.3) is 6.08 Å². The van der Waals surface area contributed by atoms with Gasteiger partial charge in [-0.1, -0.05) is 35.9 Å². The fourth-order valence-electron chi connectivity index (χ4n) is 2.31. The molecule has 0 spiro atoms. The highest BCUT2D eigenvalue weighted by Gasteiger charge is 2.26. The van der Waals surface area contributed by atoms with Crippen LogP contribution < -0.4 is 14.8 Å². The Balaban J connectivity index is 1.96. The largest absolute Gasteiger partial charge is 0.378 e. The Labute approximate surface area is 161 Å². The molecule has 0 aromatic heterocycles. The summed E-state index contributed by atoms with van der Waals surface area (Å²) in [6.07, 6.45) is 1.24. The van der Waals surface area contributed by atoms with Crippen molar-refractivity contribution >= 4 is 45.3 Å². The quantitative estimate of drug-likeness (QED) is 0.349. The van der Waals surface area contributed by atoms with E-state index in [4.69, 9.17) is 16.4 Å². The third kappa shape index (κ3) is 4.21. The van der Waals surface area contributed by atoms with E-state index in [0.29, 0.717) is 0 Å². The fraction of sp³-hybridized carbons (Fsp3) is 0.0556. The van der Waals surface area contributed by atoms with Gasteiger partial charge in [-0.3, -0.25) is 20.2 Å². The smallest absolute Gasteiger partial charge is 0.339 e. The molecule has 2 amide bonds. The normalized spacial score (nSPS) is 14.4. The second-order valence-corrected chi connectivity index (χ2v) is 7.64. The van der Waals surface area contributed by atoms with Gasteiger partial charge < -0.3 is 4.18 Å². The van der Waals surface area contributed by atoms with E-state index in [2.05, 4.69) is 10.6 Å². The zero-order chi connectivity index (χ0) is 19.6. The van der Waals surface area contributed by atoms with E-state index < -0.39 is 21.9 Å². The van der Waals surface area contributed by atoms with Gasteiger partial charge in [0, 0.05) is 5.56 Å². The van der Waals surface area contributed by atoms with Gasteiger partial charge in [0.1, 0.15) is 16.2 Å². The van der Waals surface area contributed by atoms with Crippen LogP contribution in [-0.4, -0.2) is 25.3 Å². The van der Waals surface area contributed by atoms with E-state index in [1.165, 1.54) is 30.3 Å².